The third-order valence-electron chi connectivity index (χ3n) is 2.15. The predicted octanol–water partition coefficient (Wildman–Crippen LogP) is 2.89. The first-order chi connectivity index (χ1) is 6.74. The quantitative estimate of drug-likeness (QED) is 0.730. The average molecular weight is 193 g/mol. The topological polar surface area (TPSA) is 35.2 Å². The summed E-state index contributed by atoms with van der Waals surface area (Å²) in [6.07, 6.45) is 2.26. The van der Waals surface area contributed by atoms with Gasteiger partial charge in [-0.15, -0.1) is 0 Å². The second-order valence-corrected chi connectivity index (χ2v) is 3.56. The summed E-state index contributed by atoms with van der Waals surface area (Å²) >= 11 is 0. The maximum atomic E-state index is 5.78. The predicted molar refractivity (Wildman–Crippen MR) is 59.4 cm³/mol. The summed E-state index contributed by atoms with van der Waals surface area (Å²) in [5.41, 5.74) is 6.91. The summed E-state index contributed by atoms with van der Waals surface area (Å²) in [6, 6.07) is 8.07. The molecule has 0 aromatic heterocycles. The van der Waals surface area contributed by atoms with E-state index in [1.165, 1.54) is 0 Å². The van der Waals surface area contributed by atoms with Crippen molar-refractivity contribution in [2.75, 3.05) is 6.61 Å². The van der Waals surface area contributed by atoms with Gasteiger partial charge in [-0.3, -0.25) is 0 Å². The molecule has 0 aliphatic rings. The summed E-state index contributed by atoms with van der Waals surface area (Å²) in [5.74, 6) is 0.924. The van der Waals surface area contributed by atoms with Crippen molar-refractivity contribution < 1.29 is 4.74 Å². The van der Waals surface area contributed by atoms with Crippen LogP contribution in [0.1, 0.15) is 38.3 Å². The minimum absolute atomic E-state index is 0.0738. The van der Waals surface area contributed by atoms with Gasteiger partial charge in [0.25, 0.3) is 0 Å². The van der Waals surface area contributed by atoms with Crippen molar-refractivity contribution in [1.82, 2.24) is 0 Å². The van der Waals surface area contributed by atoms with E-state index in [-0.39, 0.29) is 6.04 Å². The molecule has 0 aliphatic carbocycles. The maximum Gasteiger partial charge on any atom is 0.119 e. The number of nitrogens with two attached hydrogens (primary N) is 1. The van der Waals surface area contributed by atoms with Gasteiger partial charge in [-0.25, -0.2) is 0 Å². The fraction of sp³-hybridized carbons (Fsp3) is 0.500. The lowest BCUT2D eigenvalue weighted by Gasteiger charge is -2.09. The molecule has 0 fully saturated rings. The van der Waals surface area contributed by atoms with E-state index in [9.17, 15) is 0 Å². The van der Waals surface area contributed by atoms with Gasteiger partial charge in [0.15, 0.2) is 0 Å². The number of benzene rings is 1. The summed E-state index contributed by atoms with van der Waals surface area (Å²) in [6.45, 7) is 4.92. The molecule has 0 radical (unpaired) electrons. The zero-order valence-electron chi connectivity index (χ0n) is 8.99. The molecule has 0 aliphatic heterocycles. The SMILES string of the molecule is CCCCOc1cccc(C(C)N)c1. The zero-order chi connectivity index (χ0) is 10.4. The highest BCUT2D eigenvalue weighted by Gasteiger charge is 2.00. The van der Waals surface area contributed by atoms with Gasteiger partial charge in [-0.1, -0.05) is 25.5 Å². The van der Waals surface area contributed by atoms with E-state index in [4.69, 9.17) is 10.5 Å². The zero-order valence-corrected chi connectivity index (χ0v) is 8.99. The Morgan fingerprint density at radius 1 is 1.43 bits per heavy atom. The summed E-state index contributed by atoms with van der Waals surface area (Å²) in [7, 11) is 0. The number of unbranched alkanes of at least 4 members (excludes halogenated alkanes) is 1. The molecule has 0 saturated carbocycles. The van der Waals surface area contributed by atoms with Gasteiger partial charge in [0.2, 0.25) is 0 Å². The molecule has 0 saturated heterocycles. The van der Waals surface area contributed by atoms with Crippen LogP contribution < -0.4 is 10.5 Å². The highest BCUT2D eigenvalue weighted by atomic mass is 16.5. The standard InChI is InChI=1S/C12H19NO/c1-3-4-8-14-12-7-5-6-11(9-12)10(2)13/h5-7,9-10H,3-4,8,13H2,1-2H3. The van der Waals surface area contributed by atoms with Crippen LogP contribution in [0.2, 0.25) is 0 Å². The minimum atomic E-state index is 0.0738. The second-order valence-electron chi connectivity index (χ2n) is 3.56. The van der Waals surface area contributed by atoms with Crippen LogP contribution in [0.5, 0.6) is 5.75 Å². The lowest BCUT2D eigenvalue weighted by molar-refractivity contribution is 0.309. The van der Waals surface area contributed by atoms with E-state index in [0.717, 1.165) is 30.8 Å². The van der Waals surface area contributed by atoms with Gasteiger partial charge in [0.1, 0.15) is 5.75 Å². The third kappa shape index (κ3) is 3.38. The van der Waals surface area contributed by atoms with E-state index < -0.39 is 0 Å². The van der Waals surface area contributed by atoms with Gasteiger partial charge in [0, 0.05) is 6.04 Å². The molecule has 78 valence electrons. The monoisotopic (exact) mass is 193 g/mol. The lowest BCUT2D eigenvalue weighted by atomic mass is 10.1. The molecular formula is C12H19NO. The molecule has 1 unspecified atom stereocenters. The van der Waals surface area contributed by atoms with Gasteiger partial charge in [-0.05, 0) is 31.0 Å². The maximum absolute atomic E-state index is 5.78. The molecule has 14 heavy (non-hydrogen) atoms. The molecule has 0 bridgehead atoms. The first-order valence-electron chi connectivity index (χ1n) is 5.22. The molecule has 0 spiro atoms. The average Bonchev–Trinajstić information content (AvgIpc) is 2.19. The largest absolute Gasteiger partial charge is 0.494 e. The number of ether oxygens (including phenoxy) is 1. The molecule has 2 N–H and O–H groups in total. The molecule has 0 amide bonds. The molecule has 2 nitrogen and oxygen atoms in total. The van der Waals surface area contributed by atoms with Gasteiger partial charge in [0.05, 0.1) is 6.61 Å². The molecule has 1 rings (SSSR count). The summed E-state index contributed by atoms with van der Waals surface area (Å²) in [4.78, 5) is 0. The molecular weight excluding hydrogens is 174 g/mol. The third-order valence-corrected chi connectivity index (χ3v) is 2.15. The Kier molecular flexibility index (Phi) is 4.47. The van der Waals surface area contributed by atoms with Gasteiger partial charge < -0.3 is 10.5 Å². The Balaban J connectivity index is 2.55. The number of hydrogen-bond acceptors (Lipinski definition) is 2. The van der Waals surface area contributed by atoms with Crippen LogP contribution in [0.4, 0.5) is 0 Å². The van der Waals surface area contributed by atoms with Gasteiger partial charge >= 0.3 is 0 Å². The van der Waals surface area contributed by atoms with Crippen LogP contribution in [0, 0.1) is 0 Å². The molecule has 1 aromatic carbocycles. The van der Waals surface area contributed by atoms with Crippen LogP contribution in [-0.2, 0) is 0 Å². The Bertz CT molecular complexity index is 271. The first-order valence-corrected chi connectivity index (χ1v) is 5.22. The second kappa shape index (κ2) is 5.66. The van der Waals surface area contributed by atoms with Crippen LogP contribution in [-0.4, -0.2) is 6.61 Å². The Morgan fingerprint density at radius 3 is 2.86 bits per heavy atom. The van der Waals surface area contributed by atoms with Crippen LogP contribution >= 0.6 is 0 Å². The summed E-state index contributed by atoms with van der Waals surface area (Å²) < 4.78 is 5.58. The highest BCUT2D eigenvalue weighted by Crippen LogP contribution is 2.17. The molecule has 1 aromatic rings. The van der Waals surface area contributed by atoms with Crippen molar-refractivity contribution in [1.29, 1.82) is 0 Å². The summed E-state index contributed by atoms with van der Waals surface area (Å²) in [5, 5.41) is 0. The van der Waals surface area contributed by atoms with E-state index >= 15 is 0 Å². The van der Waals surface area contributed by atoms with Crippen LogP contribution in [0.3, 0.4) is 0 Å². The Labute approximate surface area is 86.1 Å². The van der Waals surface area contributed by atoms with Gasteiger partial charge in [-0.2, -0.15) is 0 Å². The first kappa shape index (κ1) is 11.1. The van der Waals surface area contributed by atoms with Crippen molar-refractivity contribution in [3.8, 4) is 5.75 Å². The minimum Gasteiger partial charge on any atom is -0.494 e. The molecule has 2 heteroatoms. The highest BCUT2D eigenvalue weighted by molar-refractivity contribution is 5.30. The Morgan fingerprint density at radius 2 is 2.21 bits per heavy atom. The van der Waals surface area contributed by atoms with E-state index in [1.807, 2.05) is 31.2 Å². The van der Waals surface area contributed by atoms with Crippen molar-refractivity contribution in [3.63, 3.8) is 0 Å². The number of hydrogen-bond donors (Lipinski definition) is 1. The fourth-order valence-corrected chi connectivity index (χ4v) is 1.22. The van der Waals surface area contributed by atoms with E-state index in [2.05, 4.69) is 6.92 Å². The van der Waals surface area contributed by atoms with Crippen molar-refractivity contribution in [2.45, 2.75) is 32.7 Å². The molecule has 1 atom stereocenters. The van der Waals surface area contributed by atoms with Crippen LogP contribution in [0.25, 0.3) is 0 Å². The van der Waals surface area contributed by atoms with E-state index in [0.29, 0.717) is 0 Å². The van der Waals surface area contributed by atoms with Crippen LogP contribution in [0.15, 0.2) is 24.3 Å². The van der Waals surface area contributed by atoms with Crippen molar-refractivity contribution >= 4 is 0 Å². The van der Waals surface area contributed by atoms with Crippen molar-refractivity contribution in [3.05, 3.63) is 29.8 Å². The fourth-order valence-electron chi connectivity index (χ4n) is 1.22. The smallest absolute Gasteiger partial charge is 0.119 e. The molecule has 0 heterocycles. The van der Waals surface area contributed by atoms with E-state index in [1.54, 1.807) is 0 Å². The van der Waals surface area contributed by atoms with Crippen molar-refractivity contribution in [2.24, 2.45) is 5.73 Å². The lowest BCUT2D eigenvalue weighted by Crippen LogP contribution is -2.05. The Hall–Kier alpha value is -1.02. The normalized spacial score (nSPS) is 12.5. The number of rotatable bonds is 5.